The molecule has 5 rings (SSSR count). The largest absolute Gasteiger partial charge is 0.394 e. The number of carbonyl (C=O) groups excluding carboxylic acids is 1. The Labute approximate surface area is 230 Å². The molecule has 0 aliphatic carbocycles. The molecule has 2 aliphatic rings. The number of amides is 1. The molecule has 1 amide bonds. The summed E-state index contributed by atoms with van der Waals surface area (Å²) in [6, 6.07) is 10.9. The maximum Gasteiger partial charge on any atom is 0.254 e. The standard InChI is InChI=1S/C31H38FN5O2/c1-21-16-22(2)30(23(3)27(21)17-24-9-12-35(13-10-24)28-6-4-5-11-33-28)31(39)36-14-15-37(26(19-36)20-38)29-8-7-25(32)18-34-29/h4-8,11,16,18,24,26,38H,9-10,12-15,17,19-20H2,1-3H3/t26-/m0/s1. The zero-order valence-corrected chi connectivity index (χ0v) is 23.1. The van der Waals surface area contributed by atoms with Crippen molar-refractivity contribution in [2.75, 3.05) is 49.1 Å². The first-order valence-electron chi connectivity index (χ1n) is 13.9. The van der Waals surface area contributed by atoms with E-state index in [1.807, 2.05) is 35.1 Å². The van der Waals surface area contributed by atoms with Gasteiger partial charge in [-0.05, 0) is 92.5 Å². The van der Waals surface area contributed by atoms with Crippen LogP contribution in [0, 0.1) is 32.5 Å². The average Bonchev–Trinajstić information content (AvgIpc) is 2.96. The summed E-state index contributed by atoms with van der Waals surface area (Å²) in [6.07, 6.45) is 6.21. The monoisotopic (exact) mass is 531 g/mol. The predicted octanol–water partition coefficient (Wildman–Crippen LogP) is 4.32. The van der Waals surface area contributed by atoms with E-state index < -0.39 is 5.82 Å². The number of aryl methyl sites for hydroxylation is 2. The van der Waals surface area contributed by atoms with Crippen molar-refractivity contribution in [3.63, 3.8) is 0 Å². The maximum absolute atomic E-state index is 13.9. The van der Waals surface area contributed by atoms with E-state index in [0.29, 0.717) is 31.4 Å². The molecule has 0 unspecified atom stereocenters. The first-order chi connectivity index (χ1) is 18.9. The van der Waals surface area contributed by atoms with Gasteiger partial charge in [0.25, 0.3) is 5.91 Å². The molecule has 0 radical (unpaired) electrons. The normalized spacial score (nSPS) is 18.5. The van der Waals surface area contributed by atoms with Crippen LogP contribution < -0.4 is 9.80 Å². The summed E-state index contributed by atoms with van der Waals surface area (Å²) in [5.41, 5.74) is 5.38. The zero-order valence-electron chi connectivity index (χ0n) is 23.1. The molecule has 1 atom stereocenters. The number of anilines is 2. The number of pyridine rings is 2. The summed E-state index contributed by atoms with van der Waals surface area (Å²) in [6.45, 7) is 9.57. The molecule has 0 saturated carbocycles. The number of aliphatic hydroxyl groups is 1. The number of nitrogens with zero attached hydrogens (tertiary/aromatic N) is 5. The van der Waals surface area contributed by atoms with Gasteiger partial charge in [-0.15, -0.1) is 0 Å². The van der Waals surface area contributed by atoms with Crippen LogP contribution in [-0.2, 0) is 6.42 Å². The lowest BCUT2D eigenvalue weighted by Crippen LogP contribution is -2.56. The highest BCUT2D eigenvalue weighted by Crippen LogP contribution is 2.31. The van der Waals surface area contributed by atoms with Gasteiger partial charge in [-0.2, -0.15) is 0 Å². The summed E-state index contributed by atoms with van der Waals surface area (Å²) < 4.78 is 13.4. The second-order valence-electron chi connectivity index (χ2n) is 10.9. The van der Waals surface area contributed by atoms with Gasteiger partial charge in [0.15, 0.2) is 0 Å². The highest BCUT2D eigenvalue weighted by molar-refractivity contribution is 5.97. The second-order valence-corrected chi connectivity index (χ2v) is 10.9. The number of hydrogen-bond acceptors (Lipinski definition) is 6. The Bertz CT molecular complexity index is 1290. The Kier molecular flexibility index (Phi) is 8.12. The number of piperidine rings is 1. The van der Waals surface area contributed by atoms with E-state index in [-0.39, 0.29) is 18.6 Å². The molecule has 39 heavy (non-hydrogen) atoms. The first-order valence-corrected chi connectivity index (χ1v) is 13.9. The fourth-order valence-electron chi connectivity index (χ4n) is 6.26. The molecule has 0 bridgehead atoms. The Balaban J connectivity index is 1.29. The van der Waals surface area contributed by atoms with Gasteiger partial charge in [-0.1, -0.05) is 12.1 Å². The maximum atomic E-state index is 13.9. The van der Waals surface area contributed by atoms with Gasteiger partial charge in [-0.25, -0.2) is 14.4 Å². The van der Waals surface area contributed by atoms with Crippen LogP contribution in [0.4, 0.5) is 16.0 Å². The molecule has 3 aromatic rings. The quantitative estimate of drug-likeness (QED) is 0.511. The van der Waals surface area contributed by atoms with Gasteiger partial charge in [0, 0.05) is 44.5 Å². The fourth-order valence-corrected chi connectivity index (χ4v) is 6.26. The molecule has 2 saturated heterocycles. The highest BCUT2D eigenvalue weighted by Gasteiger charge is 2.32. The molecule has 2 aliphatic heterocycles. The molecule has 2 fully saturated rings. The van der Waals surface area contributed by atoms with Crippen molar-refractivity contribution in [1.29, 1.82) is 0 Å². The molecule has 206 valence electrons. The van der Waals surface area contributed by atoms with Gasteiger partial charge in [-0.3, -0.25) is 4.79 Å². The molecule has 8 heteroatoms. The third-order valence-corrected chi connectivity index (χ3v) is 8.41. The lowest BCUT2D eigenvalue weighted by molar-refractivity contribution is 0.0697. The second kappa shape index (κ2) is 11.7. The van der Waals surface area contributed by atoms with Gasteiger partial charge in [0.1, 0.15) is 17.5 Å². The summed E-state index contributed by atoms with van der Waals surface area (Å²) in [5.74, 6) is 1.84. The molecule has 1 N–H and O–H groups in total. The van der Waals surface area contributed by atoms with Crippen molar-refractivity contribution >= 4 is 17.5 Å². The summed E-state index contributed by atoms with van der Waals surface area (Å²) in [4.78, 5) is 28.8. The van der Waals surface area contributed by atoms with Gasteiger partial charge >= 0.3 is 0 Å². The molecule has 2 aromatic heterocycles. The summed E-state index contributed by atoms with van der Waals surface area (Å²) in [5, 5.41) is 10.1. The van der Waals surface area contributed by atoms with Crippen molar-refractivity contribution < 1.29 is 14.3 Å². The number of carbonyl (C=O) groups is 1. The molecule has 4 heterocycles. The molecule has 0 spiro atoms. The molecular weight excluding hydrogens is 493 g/mol. The van der Waals surface area contributed by atoms with E-state index >= 15 is 0 Å². The highest BCUT2D eigenvalue weighted by atomic mass is 19.1. The number of benzene rings is 1. The number of rotatable bonds is 6. The minimum Gasteiger partial charge on any atom is -0.394 e. The van der Waals surface area contributed by atoms with Gasteiger partial charge in [0.2, 0.25) is 0 Å². The van der Waals surface area contributed by atoms with E-state index in [2.05, 4.69) is 40.8 Å². The SMILES string of the molecule is Cc1cc(C)c(C(=O)N2CCN(c3ccc(F)cn3)[C@H](CO)C2)c(C)c1CC1CCN(c2ccccn2)CC1. The van der Waals surface area contributed by atoms with E-state index in [1.165, 1.54) is 23.4 Å². The first kappa shape index (κ1) is 27.1. The summed E-state index contributed by atoms with van der Waals surface area (Å²) >= 11 is 0. The third kappa shape index (κ3) is 5.76. The van der Waals surface area contributed by atoms with Crippen molar-refractivity contribution in [1.82, 2.24) is 14.9 Å². The Morgan fingerprint density at radius 3 is 2.46 bits per heavy atom. The predicted molar refractivity (Wildman–Crippen MR) is 152 cm³/mol. The van der Waals surface area contributed by atoms with Crippen LogP contribution in [0.15, 0.2) is 48.8 Å². The van der Waals surface area contributed by atoms with Gasteiger partial charge in [0.05, 0.1) is 18.8 Å². The molecular formula is C31H38FN5O2. The lowest BCUT2D eigenvalue weighted by atomic mass is 9.84. The van der Waals surface area contributed by atoms with Crippen molar-refractivity contribution in [2.45, 2.75) is 46.1 Å². The average molecular weight is 532 g/mol. The van der Waals surface area contributed by atoms with Crippen LogP contribution >= 0.6 is 0 Å². The fraction of sp³-hybridized carbons (Fsp3) is 0.452. The Morgan fingerprint density at radius 2 is 1.79 bits per heavy atom. The van der Waals surface area contributed by atoms with E-state index in [1.54, 1.807) is 6.07 Å². The number of aliphatic hydroxyl groups excluding tert-OH is 1. The number of hydrogen-bond donors (Lipinski definition) is 1. The molecule has 1 aromatic carbocycles. The number of piperazine rings is 1. The lowest BCUT2D eigenvalue weighted by Gasteiger charge is -2.41. The van der Waals surface area contributed by atoms with E-state index in [4.69, 9.17) is 0 Å². The van der Waals surface area contributed by atoms with Crippen molar-refractivity contribution in [2.24, 2.45) is 5.92 Å². The van der Waals surface area contributed by atoms with Crippen molar-refractivity contribution in [3.05, 3.63) is 82.4 Å². The van der Waals surface area contributed by atoms with Crippen LogP contribution in [0.1, 0.15) is 45.5 Å². The topological polar surface area (TPSA) is 72.8 Å². The minimum absolute atomic E-state index is 0.0152. The van der Waals surface area contributed by atoms with Crippen LogP contribution in [0.25, 0.3) is 0 Å². The van der Waals surface area contributed by atoms with Gasteiger partial charge < -0.3 is 19.8 Å². The Morgan fingerprint density at radius 1 is 1.00 bits per heavy atom. The Hall–Kier alpha value is -3.52. The zero-order chi connectivity index (χ0) is 27.5. The van der Waals surface area contributed by atoms with E-state index in [0.717, 1.165) is 54.9 Å². The number of halogens is 1. The van der Waals surface area contributed by atoms with Crippen LogP contribution in [-0.4, -0.2) is 71.3 Å². The number of aromatic nitrogens is 2. The van der Waals surface area contributed by atoms with Crippen LogP contribution in [0.3, 0.4) is 0 Å². The smallest absolute Gasteiger partial charge is 0.254 e. The van der Waals surface area contributed by atoms with Crippen molar-refractivity contribution in [3.8, 4) is 0 Å². The van der Waals surface area contributed by atoms with E-state index in [9.17, 15) is 14.3 Å². The minimum atomic E-state index is -0.395. The van der Waals surface area contributed by atoms with Crippen LogP contribution in [0.2, 0.25) is 0 Å². The third-order valence-electron chi connectivity index (χ3n) is 8.41. The van der Waals surface area contributed by atoms with Crippen LogP contribution in [0.5, 0.6) is 0 Å². The summed E-state index contributed by atoms with van der Waals surface area (Å²) in [7, 11) is 0. The molecule has 7 nitrogen and oxygen atoms in total.